The fourth-order valence-corrected chi connectivity index (χ4v) is 4.48. The lowest BCUT2D eigenvalue weighted by Crippen LogP contribution is -2.34. The van der Waals surface area contributed by atoms with E-state index in [1.165, 1.54) is 19.2 Å². The van der Waals surface area contributed by atoms with E-state index in [9.17, 15) is 13.2 Å². The summed E-state index contributed by atoms with van der Waals surface area (Å²) in [5, 5.41) is 0.364. The number of benzene rings is 3. The molecule has 0 aromatic heterocycles. The van der Waals surface area contributed by atoms with E-state index < -0.39 is 10.1 Å². The minimum Gasteiger partial charge on any atom is -0.497 e. The van der Waals surface area contributed by atoms with E-state index in [0.29, 0.717) is 28.4 Å². The first-order chi connectivity index (χ1) is 15.7. The molecule has 1 amide bonds. The van der Waals surface area contributed by atoms with E-state index in [0.717, 1.165) is 0 Å². The van der Waals surface area contributed by atoms with E-state index in [-0.39, 0.29) is 29.0 Å². The molecule has 0 aliphatic heterocycles. The summed E-state index contributed by atoms with van der Waals surface area (Å²) in [6, 6.07) is 19.6. The Hall–Kier alpha value is -3.03. The predicted octanol–water partition coefficient (Wildman–Crippen LogP) is 5.41. The van der Waals surface area contributed by atoms with Gasteiger partial charge in [-0.2, -0.15) is 8.42 Å². The topological polar surface area (TPSA) is 72.9 Å². The van der Waals surface area contributed by atoms with Crippen LogP contribution in [0.15, 0.2) is 77.7 Å². The number of halogens is 1. The van der Waals surface area contributed by atoms with Crippen LogP contribution in [0.3, 0.4) is 0 Å². The molecule has 0 saturated carbocycles. The summed E-state index contributed by atoms with van der Waals surface area (Å²) in [5.74, 6) is 0.653. The zero-order chi connectivity index (χ0) is 24.0. The second-order valence-electron chi connectivity index (χ2n) is 7.88. The van der Waals surface area contributed by atoms with Crippen molar-refractivity contribution in [3.63, 3.8) is 0 Å². The molecule has 0 aliphatic rings. The largest absolute Gasteiger partial charge is 0.497 e. The van der Waals surface area contributed by atoms with Crippen LogP contribution in [-0.2, 0) is 16.7 Å². The molecule has 0 atom stereocenters. The normalized spacial score (nSPS) is 11.3. The summed E-state index contributed by atoms with van der Waals surface area (Å²) in [7, 11) is -2.58. The standard InChI is InChI=1S/C25H26ClNO5S/c1-18(2)16-27(25(28)22-9-5-6-10-23(22)26)17-19-8-4-7-11-24(19)32-33(29,30)21-14-12-20(31-3)13-15-21/h4-15,18H,16-17H2,1-3H3. The molecule has 3 aromatic carbocycles. The van der Waals surface area contributed by atoms with Crippen molar-refractivity contribution in [2.45, 2.75) is 25.3 Å². The fraction of sp³-hybridized carbons (Fsp3) is 0.240. The Kier molecular flexibility index (Phi) is 8.00. The monoisotopic (exact) mass is 487 g/mol. The van der Waals surface area contributed by atoms with Gasteiger partial charge in [0.1, 0.15) is 16.4 Å². The quantitative estimate of drug-likeness (QED) is 0.377. The summed E-state index contributed by atoms with van der Waals surface area (Å²) in [6.45, 7) is 4.63. The van der Waals surface area contributed by atoms with Gasteiger partial charge in [0.05, 0.1) is 17.7 Å². The number of hydrogen-bond donors (Lipinski definition) is 0. The Labute approximate surface area is 199 Å². The molecule has 33 heavy (non-hydrogen) atoms. The number of nitrogens with zero attached hydrogens (tertiary/aromatic N) is 1. The highest BCUT2D eigenvalue weighted by Crippen LogP contribution is 2.27. The van der Waals surface area contributed by atoms with Crippen LogP contribution in [0.25, 0.3) is 0 Å². The fourth-order valence-electron chi connectivity index (χ4n) is 3.30. The molecule has 0 heterocycles. The third-order valence-electron chi connectivity index (χ3n) is 4.86. The molecule has 0 fully saturated rings. The lowest BCUT2D eigenvalue weighted by Gasteiger charge is -2.26. The number of hydrogen-bond acceptors (Lipinski definition) is 5. The summed E-state index contributed by atoms with van der Waals surface area (Å²) >= 11 is 6.25. The Morgan fingerprint density at radius 3 is 2.24 bits per heavy atom. The van der Waals surface area contributed by atoms with Gasteiger partial charge in [0, 0.05) is 18.7 Å². The average molecular weight is 488 g/mol. The molecule has 0 saturated heterocycles. The number of carbonyl (C=O) groups is 1. The van der Waals surface area contributed by atoms with Gasteiger partial charge in [0.25, 0.3) is 5.91 Å². The van der Waals surface area contributed by atoms with E-state index >= 15 is 0 Å². The van der Waals surface area contributed by atoms with Crippen LogP contribution < -0.4 is 8.92 Å². The third kappa shape index (κ3) is 6.27. The molecule has 3 aromatic rings. The summed E-state index contributed by atoms with van der Waals surface area (Å²) in [4.78, 5) is 14.9. The highest BCUT2D eigenvalue weighted by atomic mass is 35.5. The Bertz CT molecular complexity index is 1210. The molecule has 0 N–H and O–H groups in total. The minimum absolute atomic E-state index is 0.00397. The maximum Gasteiger partial charge on any atom is 0.339 e. The van der Waals surface area contributed by atoms with Gasteiger partial charge >= 0.3 is 10.1 Å². The first-order valence-electron chi connectivity index (χ1n) is 10.4. The van der Waals surface area contributed by atoms with Crippen molar-refractivity contribution in [2.75, 3.05) is 13.7 Å². The van der Waals surface area contributed by atoms with Crippen LogP contribution in [0.1, 0.15) is 29.8 Å². The van der Waals surface area contributed by atoms with E-state index in [2.05, 4.69) is 0 Å². The van der Waals surface area contributed by atoms with Gasteiger partial charge in [-0.05, 0) is 48.4 Å². The molecular weight excluding hydrogens is 462 g/mol. The second-order valence-corrected chi connectivity index (χ2v) is 9.83. The first-order valence-corrected chi connectivity index (χ1v) is 12.2. The molecule has 0 aliphatic carbocycles. The lowest BCUT2D eigenvalue weighted by molar-refractivity contribution is 0.0722. The van der Waals surface area contributed by atoms with Crippen molar-refractivity contribution in [2.24, 2.45) is 5.92 Å². The summed E-state index contributed by atoms with van der Waals surface area (Å²) in [6.07, 6.45) is 0. The van der Waals surface area contributed by atoms with Gasteiger partial charge in [-0.1, -0.05) is 55.8 Å². The van der Waals surface area contributed by atoms with Gasteiger partial charge < -0.3 is 13.8 Å². The van der Waals surface area contributed by atoms with Crippen molar-refractivity contribution in [3.05, 3.63) is 88.9 Å². The van der Waals surface area contributed by atoms with Crippen molar-refractivity contribution >= 4 is 27.6 Å². The molecular formula is C25H26ClNO5S. The highest BCUT2D eigenvalue weighted by Gasteiger charge is 2.23. The summed E-state index contributed by atoms with van der Waals surface area (Å²) in [5.41, 5.74) is 0.958. The third-order valence-corrected chi connectivity index (χ3v) is 6.44. The van der Waals surface area contributed by atoms with Crippen LogP contribution in [-0.4, -0.2) is 32.9 Å². The number of ether oxygens (including phenoxy) is 1. The number of rotatable bonds is 9. The zero-order valence-electron chi connectivity index (χ0n) is 18.7. The van der Waals surface area contributed by atoms with Gasteiger partial charge in [-0.15, -0.1) is 0 Å². The van der Waals surface area contributed by atoms with Gasteiger partial charge in [-0.25, -0.2) is 0 Å². The van der Waals surface area contributed by atoms with Gasteiger partial charge in [0.15, 0.2) is 0 Å². The Balaban J connectivity index is 1.89. The minimum atomic E-state index is -4.08. The Morgan fingerprint density at radius 1 is 0.970 bits per heavy atom. The number of methoxy groups -OCH3 is 1. The number of amides is 1. The van der Waals surface area contributed by atoms with Crippen molar-refractivity contribution in [1.82, 2.24) is 4.90 Å². The Morgan fingerprint density at radius 2 is 1.61 bits per heavy atom. The molecule has 0 unspecified atom stereocenters. The highest BCUT2D eigenvalue weighted by molar-refractivity contribution is 7.87. The van der Waals surface area contributed by atoms with Crippen LogP contribution in [0, 0.1) is 5.92 Å². The molecule has 3 rings (SSSR count). The molecule has 6 nitrogen and oxygen atoms in total. The maximum absolute atomic E-state index is 13.3. The lowest BCUT2D eigenvalue weighted by atomic mass is 10.1. The molecule has 174 valence electrons. The molecule has 0 spiro atoms. The molecule has 8 heteroatoms. The van der Waals surface area contributed by atoms with E-state index in [4.69, 9.17) is 20.5 Å². The van der Waals surface area contributed by atoms with Gasteiger partial charge in [0.2, 0.25) is 0 Å². The van der Waals surface area contributed by atoms with Crippen LogP contribution in [0.4, 0.5) is 0 Å². The van der Waals surface area contributed by atoms with E-state index in [1.807, 2.05) is 13.8 Å². The SMILES string of the molecule is COc1ccc(S(=O)(=O)Oc2ccccc2CN(CC(C)C)C(=O)c2ccccc2Cl)cc1. The van der Waals surface area contributed by atoms with Gasteiger partial charge in [-0.3, -0.25) is 4.79 Å². The van der Waals surface area contributed by atoms with Crippen LogP contribution in [0.5, 0.6) is 11.5 Å². The smallest absolute Gasteiger partial charge is 0.339 e. The average Bonchev–Trinajstić information content (AvgIpc) is 2.79. The molecule has 0 bridgehead atoms. The van der Waals surface area contributed by atoms with Crippen molar-refractivity contribution in [3.8, 4) is 11.5 Å². The number of carbonyl (C=O) groups excluding carboxylic acids is 1. The number of para-hydroxylation sites is 1. The van der Waals surface area contributed by atoms with E-state index in [1.54, 1.807) is 65.6 Å². The first kappa shape index (κ1) is 24.6. The van der Waals surface area contributed by atoms with Crippen LogP contribution >= 0.6 is 11.6 Å². The molecule has 0 radical (unpaired) electrons. The maximum atomic E-state index is 13.3. The zero-order valence-corrected chi connectivity index (χ0v) is 20.3. The van der Waals surface area contributed by atoms with Crippen LogP contribution in [0.2, 0.25) is 5.02 Å². The summed E-state index contributed by atoms with van der Waals surface area (Å²) < 4.78 is 36.3. The predicted molar refractivity (Wildman–Crippen MR) is 128 cm³/mol. The van der Waals surface area contributed by atoms with Crippen molar-refractivity contribution < 1.29 is 22.1 Å². The second kappa shape index (κ2) is 10.7. The van der Waals surface area contributed by atoms with Crippen molar-refractivity contribution in [1.29, 1.82) is 0 Å².